The van der Waals surface area contributed by atoms with E-state index in [-0.39, 0.29) is 0 Å². The van der Waals surface area contributed by atoms with Crippen molar-refractivity contribution in [2.24, 2.45) is 5.92 Å². The highest BCUT2D eigenvalue weighted by molar-refractivity contribution is 5.36. The number of ether oxygens (including phenoxy) is 1. The third-order valence-corrected chi connectivity index (χ3v) is 2.98. The average Bonchev–Trinajstić information content (AvgIpc) is 2.67. The van der Waals surface area contributed by atoms with Crippen LogP contribution in [0, 0.1) is 5.92 Å². The lowest BCUT2D eigenvalue weighted by Gasteiger charge is -2.35. The summed E-state index contributed by atoms with van der Waals surface area (Å²) >= 11 is 0. The largest absolute Gasteiger partial charge is 0.724 e. The summed E-state index contributed by atoms with van der Waals surface area (Å²) in [6, 6.07) is 0. The van der Waals surface area contributed by atoms with Gasteiger partial charge in [-0.1, -0.05) is 20.8 Å². The molecule has 0 aromatic rings. The zero-order valence-corrected chi connectivity index (χ0v) is 11.4. The Bertz CT molecular complexity index is 217. The number of likely N-dealkylation sites (tertiary alicyclic amines) is 1. The van der Waals surface area contributed by atoms with Crippen molar-refractivity contribution < 1.29 is 14.0 Å². The molecule has 0 spiro atoms. The molecule has 4 heteroatoms. The molecule has 0 saturated carbocycles. The van der Waals surface area contributed by atoms with Gasteiger partial charge in [0.15, 0.2) is 6.73 Å². The van der Waals surface area contributed by atoms with Gasteiger partial charge >= 0.3 is 0 Å². The molecule has 0 aromatic carbocycles. The number of hydrogen-bond donors (Lipinski definition) is 0. The Balaban J connectivity index is 0.000000770. The minimum atomic E-state index is 0.500. The zero-order chi connectivity index (χ0) is 13.1. The van der Waals surface area contributed by atoms with Crippen LogP contribution in [-0.4, -0.2) is 43.5 Å². The van der Waals surface area contributed by atoms with Crippen LogP contribution in [0.25, 0.3) is 5.41 Å². The Morgan fingerprint density at radius 3 is 2.29 bits per heavy atom. The molecule has 0 aliphatic carbocycles. The lowest BCUT2D eigenvalue weighted by Crippen LogP contribution is -2.49. The number of nitrogens with zero attached hydrogens (tertiary/aromatic N) is 2. The normalized spacial score (nSPS) is 17.4. The second-order valence-electron chi connectivity index (χ2n) is 5.20. The number of carbonyl (C=O) groups excluding carboxylic acids is 1. The molecule has 0 bridgehead atoms. The van der Waals surface area contributed by atoms with Crippen molar-refractivity contribution in [2.75, 3.05) is 33.0 Å². The van der Waals surface area contributed by atoms with Gasteiger partial charge in [-0.15, -0.1) is 0 Å². The number of rotatable bonds is 6. The summed E-state index contributed by atoms with van der Waals surface area (Å²) in [6.07, 6.45) is 4.42. The summed E-state index contributed by atoms with van der Waals surface area (Å²) < 4.78 is 6.96. The van der Waals surface area contributed by atoms with Crippen molar-refractivity contribution in [1.82, 2.24) is 0 Å². The van der Waals surface area contributed by atoms with Crippen molar-refractivity contribution >= 4 is 6.08 Å². The predicted molar refractivity (Wildman–Crippen MR) is 69.1 cm³/mol. The first-order valence-corrected chi connectivity index (χ1v) is 6.54. The van der Waals surface area contributed by atoms with Crippen molar-refractivity contribution in [3.8, 4) is 0 Å². The number of hydrogen-bond acceptors (Lipinski definition) is 2. The van der Waals surface area contributed by atoms with Crippen LogP contribution in [0.5, 0.6) is 0 Å². The highest BCUT2D eigenvalue weighted by Crippen LogP contribution is 2.21. The molecule has 0 amide bonds. The van der Waals surface area contributed by atoms with Crippen molar-refractivity contribution in [3.05, 3.63) is 5.41 Å². The fraction of sp³-hybridized carbons (Fsp3) is 0.923. The molecule has 100 valence electrons. The summed E-state index contributed by atoms with van der Waals surface area (Å²) in [7, 11) is 0. The Morgan fingerprint density at radius 1 is 1.35 bits per heavy atom. The SMILES string of the molecule is CCCOC[N+]1(CC(C)C)CCCC1.[N-]=C=O. The van der Waals surface area contributed by atoms with Crippen LogP contribution in [0.2, 0.25) is 0 Å². The van der Waals surface area contributed by atoms with Gasteiger partial charge in [-0.2, -0.15) is 0 Å². The van der Waals surface area contributed by atoms with Crippen molar-refractivity contribution in [2.45, 2.75) is 40.0 Å². The molecule has 1 heterocycles. The second kappa shape index (κ2) is 9.34. The molecule has 1 saturated heterocycles. The van der Waals surface area contributed by atoms with E-state index in [0.29, 0.717) is 6.08 Å². The molecule has 0 unspecified atom stereocenters. The monoisotopic (exact) mass is 242 g/mol. The molecule has 1 fully saturated rings. The van der Waals surface area contributed by atoms with E-state index < -0.39 is 0 Å². The van der Waals surface area contributed by atoms with E-state index in [4.69, 9.17) is 14.9 Å². The molecule has 0 N–H and O–H groups in total. The van der Waals surface area contributed by atoms with Gasteiger partial charge in [0.25, 0.3) is 0 Å². The van der Waals surface area contributed by atoms with Crippen LogP contribution in [0.3, 0.4) is 0 Å². The molecule has 1 aliphatic rings. The third kappa shape index (κ3) is 7.27. The van der Waals surface area contributed by atoms with Gasteiger partial charge in [0, 0.05) is 18.8 Å². The smallest absolute Gasteiger partial charge is 0.183 e. The highest BCUT2D eigenvalue weighted by atomic mass is 16.5. The topological polar surface area (TPSA) is 48.6 Å². The van der Waals surface area contributed by atoms with Gasteiger partial charge in [0.1, 0.15) is 0 Å². The average molecular weight is 242 g/mol. The standard InChI is InChI=1S/C12H26NO.CNO/c1-4-9-14-11-13(10-12(2)3)7-5-6-8-13;2-1-3/h12H,4-11H2,1-3H3;/q+1;-1. The zero-order valence-electron chi connectivity index (χ0n) is 11.4. The van der Waals surface area contributed by atoms with Gasteiger partial charge in [-0.3, -0.25) is 4.79 Å². The maximum atomic E-state index is 8.24. The second-order valence-corrected chi connectivity index (χ2v) is 5.20. The Morgan fingerprint density at radius 2 is 1.88 bits per heavy atom. The van der Waals surface area contributed by atoms with Gasteiger partial charge in [0.05, 0.1) is 26.2 Å². The summed E-state index contributed by atoms with van der Waals surface area (Å²) in [5, 5.41) is 6.76. The van der Waals surface area contributed by atoms with Gasteiger partial charge < -0.3 is 14.6 Å². The van der Waals surface area contributed by atoms with Crippen LogP contribution in [0.1, 0.15) is 40.0 Å². The summed E-state index contributed by atoms with van der Waals surface area (Å²) in [5.74, 6) is 0.790. The lowest BCUT2D eigenvalue weighted by atomic mass is 10.2. The van der Waals surface area contributed by atoms with Crippen molar-refractivity contribution in [1.29, 1.82) is 0 Å². The Labute approximate surface area is 105 Å². The fourth-order valence-electron chi connectivity index (χ4n) is 2.55. The lowest BCUT2D eigenvalue weighted by molar-refractivity contribution is -0.937. The molecule has 17 heavy (non-hydrogen) atoms. The van der Waals surface area contributed by atoms with E-state index in [0.717, 1.165) is 25.7 Å². The first kappa shape index (κ1) is 16.3. The van der Waals surface area contributed by atoms with E-state index in [1.54, 1.807) is 0 Å². The fourth-order valence-corrected chi connectivity index (χ4v) is 2.55. The maximum absolute atomic E-state index is 8.24. The van der Waals surface area contributed by atoms with E-state index in [9.17, 15) is 0 Å². The van der Waals surface area contributed by atoms with Gasteiger partial charge in [-0.25, -0.2) is 0 Å². The maximum Gasteiger partial charge on any atom is 0.183 e. The minimum absolute atomic E-state index is 0.500. The summed E-state index contributed by atoms with van der Waals surface area (Å²) in [6.45, 7) is 12.7. The van der Waals surface area contributed by atoms with E-state index in [1.165, 1.54) is 37.0 Å². The van der Waals surface area contributed by atoms with Crippen molar-refractivity contribution in [3.63, 3.8) is 0 Å². The van der Waals surface area contributed by atoms with E-state index >= 15 is 0 Å². The van der Waals surface area contributed by atoms with E-state index in [2.05, 4.69) is 20.8 Å². The molecule has 1 rings (SSSR count). The molecule has 0 aromatic heterocycles. The molecule has 0 atom stereocenters. The molecule has 4 nitrogen and oxygen atoms in total. The van der Waals surface area contributed by atoms with Crippen LogP contribution in [0.15, 0.2) is 0 Å². The first-order valence-electron chi connectivity index (χ1n) is 6.54. The van der Waals surface area contributed by atoms with Crippen LogP contribution in [-0.2, 0) is 9.53 Å². The Kier molecular flexibility index (Phi) is 8.96. The molecule has 0 radical (unpaired) electrons. The van der Waals surface area contributed by atoms with Gasteiger partial charge in [0.2, 0.25) is 0 Å². The first-order chi connectivity index (χ1) is 8.10. The minimum Gasteiger partial charge on any atom is -0.724 e. The van der Waals surface area contributed by atoms with Crippen LogP contribution in [0.4, 0.5) is 0 Å². The predicted octanol–water partition coefficient (Wildman–Crippen LogP) is 2.53. The van der Waals surface area contributed by atoms with Gasteiger partial charge in [-0.05, 0) is 12.5 Å². The third-order valence-electron chi connectivity index (χ3n) is 2.98. The molecule has 1 aliphatic heterocycles. The highest BCUT2D eigenvalue weighted by Gasteiger charge is 2.32. The van der Waals surface area contributed by atoms with Crippen LogP contribution >= 0.6 is 0 Å². The number of quaternary nitrogens is 1. The number of isocyanates is 1. The Hall–Kier alpha value is -0.700. The summed E-state index contributed by atoms with van der Waals surface area (Å²) in [5.41, 5.74) is 0. The molecular weight excluding hydrogens is 216 g/mol. The summed E-state index contributed by atoms with van der Waals surface area (Å²) in [4.78, 5) is 8.24. The van der Waals surface area contributed by atoms with Crippen LogP contribution < -0.4 is 0 Å². The quantitative estimate of drug-likeness (QED) is 0.311. The molecular formula is C13H26N2O2. The van der Waals surface area contributed by atoms with E-state index in [1.807, 2.05) is 0 Å².